The van der Waals surface area contributed by atoms with E-state index in [4.69, 9.17) is 9.84 Å². The summed E-state index contributed by atoms with van der Waals surface area (Å²) in [5, 5.41) is 21.3. The lowest BCUT2D eigenvalue weighted by Crippen LogP contribution is -2.45. The Kier molecular flexibility index (Phi) is 8.22. The number of amides is 1. The molecule has 0 aliphatic carbocycles. The number of hydrogen-bond acceptors (Lipinski definition) is 4. The normalized spacial score (nSPS) is 14.4. The van der Waals surface area contributed by atoms with Crippen molar-refractivity contribution in [2.75, 3.05) is 0 Å². The molecule has 20 heavy (non-hydrogen) atoms. The summed E-state index contributed by atoms with van der Waals surface area (Å²) in [5.41, 5.74) is -0.606. The lowest BCUT2D eigenvalue weighted by molar-refractivity contribution is -0.137. The van der Waals surface area contributed by atoms with Gasteiger partial charge in [-0.15, -0.1) is 0 Å². The Morgan fingerprint density at radius 3 is 2.30 bits per heavy atom. The molecule has 0 aliphatic rings. The third-order valence-corrected chi connectivity index (χ3v) is 2.69. The number of hydrogen-bond donors (Lipinski definition) is 3. The molecule has 0 saturated heterocycles. The Balaban J connectivity index is 4.46. The third-order valence-electron chi connectivity index (χ3n) is 2.69. The number of carbonyl (C=O) groups excluding carboxylic acids is 1. The SMILES string of the molecule is CCCCC(NC(=O)OC(C)(C)C)C(O)CCC(=O)O. The first-order valence-corrected chi connectivity index (χ1v) is 7.05. The molecule has 1 amide bonds. The predicted molar refractivity (Wildman–Crippen MR) is 75.6 cm³/mol. The van der Waals surface area contributed by atoms with Crippen LogP contribution in [0.1, 0.15) is 59.8 Å². The quantitative estimate of drug-likeness (QED) is 0.637. The minimum Gasteiger partial charge on any atom is -0.481 e. The number of carbonyl (C=O) groups is 2. The van der Waals surface area contributed by atoms with Crippen LogP contribution in [-0.4, -0.2) is 40.0 Å². The standard InChI is InChI=1S/C14H27NO5/c1-5-6-7-10(11(16)8-9-12(17)18)15-13(19)20-14(2,3)4/h10-11,16H,5-9H2,1-4H3,(H,15,19)(H,17,18). The van der Waals surface area contributed by atoms with E-state index in [2.05, 4.69) is 5.32 Å². The molecule has 118 valence electrons. The fourth-order valence-corrected chi connectivity index (χ4v) is 1.72. The zero-order valence-corrected chi connectivity index (χ0v) is 12.8. The van der Waals surface area contributed by atoms with Crippen LogP contribution in [-0.2, 0) is 9.53 Å². The molecule has 0 aromatic rings. The molecule has 0 rings (SSSR count). The topological polar surface area (TPSA) is 95.9 Å². The minimum absolute atomic E-state index is 0.111. The summed E-state index contributed by atoms with van der Waals surface area (Å²) >= 11 is 0. The molecule has 0 aromatic carbocycles. The van der Waals surface area contributed by atoms with E-state index in [1.54, 1.807) is 20.8 Å². The van der Waals surface area contributed by atoms with E-state index in [-0.39, 0.29) is 12.8 Å². The highest BCUT2D eigenvalue weighted by molar-refractivity contribution is 5.68. The summed E-state index contributed by atoms with van der Waals surface area (Å²) in [6.45, 7) is 7.28. The molecule has 0 radical (unpaired) electrons. The van der Waals surface area contributed by atoms with Gasteiger partial charge in [0.15, 0.2) is 0 Å². The molecule has 3 N–H and O–H groups in total. The van der Waals surface area contributed by atoms with Gasteiger partial charge in [-0.05, 0) is 33.6 Å². The molecule has 2 atom stereocenters. The van der Waals surface area contributed by atoms with Crippen molar-refractivity contribution >= 4 is 12.1 Å². The highest BCUT2D eigenvalue weighted by atomic mass is 16.6. The number of carboxylic acids is 1. The summed E-state index contributed by atoms with van der Waals surface area (Å²) in [6.07, 6.45) is 0.872. The van der Waals surface area contributed by atoms with Gasteiger partial charge in [-0.2, -0.15) is 0 Å². The monoisotopic (exact) mass is 289 g/mol. The average Bonchev–Trinajstić information content (AvgIpc) is 2.28. The number of aliphatic carboxylic acids is 1. The van der Waals surface area contributed by atoms with Gasteiger partial charge in [0.1, 0.15) is 5.60 Å². The smallest absolute Gasteiger partial charge is 0.407 e. The summed E-state index contributed by atoms with van der Waals surface area (Å²) in [7, 11) is 0. The van der Waals surface area contributed by atoms with Crippen molar-refractivity contribution in [3.63, 3.8) is 0 Å². The molecular formula is C14H27NO5. The van der Waals surface area contributed by atoms with Crippen LogP contribution < -0.4 is 5.32 Å². The van der Waals surface area contributed by atoms with E-state index in [1.165, 1.54) is 0 Å². The van der Waals surface area contributed by atoms with Crippen LogP contribution in [0.4, 0.5) is 4.79 Å². The summed E-state index contributed by atoms with van der Waals surface area (Å²) in [4.78, 5) is 22.2. The molecule has 0 spiro atoms. The van der Waals surface area contributed by atoms with Crippen molar-refractivity contribution in [2.24, 2.45) is 0 Å². The molecule has 0 aromatic heterocycles. The van der Waals surface area contributed by atoms with E-state index < -0.39 is 29.8 Å². The average molecular weight is 289 g/mol. The number of rotatable bonds is 8. The van der Waals surface area contributed by atoms with Crippen LogP contribution in [0.3, 0.4) is 0 Å². The Hall–Kier alpha value is -1.30. The number of aliphatic hydroxyl groups is 1. The minimum atomic E-state index is -0.962. The molecule has 2 unspecified atom stereocenters. The van der Waals surface area contributed by atoms with Crippen molar-refractivity contribution in [3.8, 4) is 0 Å². The third kappa shape index (κ3) is 9.61. The van der Waals surface area contributed by atoms with Gasteiger partial charge >= 0.3 is 12.1 Å². The second kappa shape index (κ2) is 8.79. The predicted octanol–water partition coefficient (Wildman–Crippen LogP) is 2.30. The first-order valence-electron chi connectivity index (χ1n) is 7.05. The van der Waals surface area contributed by atoms with Crippen molar-refractivity contribution in [3.05, 3.63) is 0 Å². The highest BCUT2D eigenvalue weighted by Gasteiger charge is 2.24. The van der Waals surface area contributed by atoms with Gasteiger partial charge in [0.05, 0.1) is 12.1 Å². The van der Waals surface area contributed by atoms with E-state index in [9.17, 15) is 14.7 Å². The van der Waals surface area contributed by atoms with Gasteiger partial charge in [0.2, 0.25) is 0 Å². The van der Waals surface area contributed by atoms with E-state index >= 15 is 0 Å². The molecule has 0 saturated carbocycles. The molecule has 0 bridgehead atoms. The first kappa shape index (κ1) is 18.7. The molecule has 6 heteroatoms. The number of aliphatic hydroxyl groups excluding tert-OH is 1. The zero-order chi connectivity index (χ0) is 15.8. The lowest BCUT2D eigenvalue weighted by Gasteiger charge is -2.26. The lowest BCUT2D eigenvalue weighted by atomic mass is 10.0. The Morgan fingerprint density at radius 2 is 1.85 bits per heavy atom. The molecule has 0 aliphatic heterocycles. The van der Waals surface area contributed by atoms with Gasteiger partial charge in [0.25, 0.3) is 0 Å². The van der Waals surface area contributed by atoms with Crippen LogP contribution in [0.15, 0.2) is 0 Å². The maximum Gasteiger partial charge on any atom is 0.407 e. The van der Waals surface area contributed by atoms with Crippen LogP contribution in [0, 0.1) is 0 Å². The van der Waals surface area contributed by atoms with Gasteiger partial charge < -0.3 is 20.3 Å². The zero-order valence-electron chi connectivity index (χ0n) is 12.8. The second-order valence-corrected chi connectivity index (χ2v) is 5.89. The Labute approximate surface area is 120 Å². The number of carboxylic acid groups (broad SMARTS) is 1. The van der Waals surface area contributed by atoms with Gasteiger partial charge in [-0.25, -0.2) is 4.79 Å². The van der Waals surface area contributed by atoms with E-state index in [0.29, 0.717) is 6.42 Å². The summed E-state index contributed by atoms with van der Waals surface area (Å²) in [6, 6.07) is -0.482. The van der Waals surface area contributed by atoms with Crippen LogP contribution in [0.5, 0.6) is 0 Å². The fourth-order valence-electron chi connectivity index (χ4n) is 1.72. The van der Waals surface area contributed by atoms with Gasteiger partial charge in [-0.3, -0.25) is 4.79 Å². The van der Waals surface area contributed by atoms with Crippen LogP contribution >= 0.6 is 0 Å². The van der Waals surface area contributed by atoms with Crippen molar-refractivity contribution in [2.45, 2.75) is 77.5 Å². The first-order chi connectivity index (χ1) is 9.15. The van der Waals surface area contributed by atoms with Crippen molar-refractivity contribution < 1.29 is 24.5 Å². The molecular weight excluding hydrogens is 262 g/mol. The van der Waals surface area contributed by atoms with Crippen molar-refractivity contribution in [1.82, 2.24) is 5.32 Å². The summed E-state index contributed by atoms with van der Waals surface area (Å²) in [5.74, 6) is -0.962. The molecule has 6 nitrogen and oxygen atoms in total. The van der Waals surface area contributed by atoms with Crippen LogP contribution in [0.2, 0.25) is 0 Å². The molecule has 0 fully saturated rings. The number of nitrogens with one attached hydrogen (secondary N) is 1. The Morgan fingerprint density at radius 1 is 1.25 bits per heavy atom. The second-order valence-electron chi connectivity index (χ2n) is 5.89. The van der Waals surface area contributed by atoms with Gasteiger partial charge in [-0.1, -0.05) is 19.8 Å². The largest absolute Gasteiger partial charge is 0.481 e. The number of unbranched alkanes of at least 4 members (excludes halogenated alkanes) is 1. The maximum absolute atomic E-state index is 11.7. The van der Waals surface area contributed by atoms with Gasteiger partial charge in [0, 0.05) is 6.42 Å². The van der Waals surface area contributed by atoms with E-state index in [0.717, 1.165) is 12.8 Å². The summed E-state index contributed by atoms with van der Waals surface area (Å²) < 4.78 is 5.15. The highest BCUT2D eigenvalue weighted by Crippen LogP contribution is 2.12. The number of ether oxygens (including phenoxy) is 1. The van der Waals surface area contributed by atoms with E-state index in [1.807, 2.05) is 6.92 Å². The number of alkyl carbamates (subject to hydrolysis) is 1. The Bertz CT molecular complexity index is 311. The maximum atomic E-state index is 11.7. The fraction of sp³-hybridized carbons (Fsp3) is 0.857. The van der Waals surface area contributed by atoms with Crippen LogP contribution in [0.25, 0.3) is 0 Å². The molecule has 0 heterocycles. The van der Waals surface area contributed by atoms with Crippen molar-refractivity contribution in [1.29, 1.82) is 0 Å².